The summed E-state index contributed by atoms with van der Waals surface area (Å²) in [6.45, 7) is 4.30. The van der Waals surface area contributed by atoms with Crippen LogP contribution in [-0.4, -0.2) is 50.6 Å². The second-order valence-corrected chi connectivity index (χ2v) is 8.63. The van der Waals surface area contributed by atoms with E-state index >= 15 is 0 Å². The third kappa shape index (κ3) is 4.37. The summed E-state index contributed by atoms with van der Waals surface area (Å²) in [5, 5.41) is 12.6. The van der Waals surface area contributed by atoms with Crippen molar-refractivity contribution in [2.75, 3.05) is 13.7 Å². The van der Waals surface area contributed by atoms with Gasteiger partial charge in [-0.05, 0) is 79.3 Å². The Morgan fingerprint density at radius 1 is 1.09 bits per heavy atom. The average Bonchev–Trinajstić information content (AvgIpc) is 3.35. The maximum atomic E-state index is 13.5. The highest BCUT2D eigenvalue weighted by molar-refractivity contribution is 5.94. The van der Waals surface area contributed by atoms with Crippen LogP contribution < -0.4 is 0 Å². The molecule has 3 aromatic rings. The van der Waals surface area contributed by atoms with E-state index < -0.39 is 11.5 Å². The molecular weight excluding hydrogens is 418 g/mol. The lowest BCUT2D eigenvalue weighted by atomic mass is 9.75. The van der Waals surface area contributed by atoms with Crippen molar-refractivity contribution in [1.82, 2.24) is 25.1 Å². The van der Waals surface area contributed by atoms with Gasteiger partial charge in [-0.2, -0.15) is 4.68 Å². The standard InChI is InChI=1S/C25H29N5O3/c1-4-33-23(32)20-11-8-12-21(17-20)30-24(26-27-28-30)25(15-13-18(2)14-16-25)29(3)22(31)19-9-6-5-7-10-19/h5-12,17-18H,4,13-16H2,1-3H3. The number of rotatable bonds is 6. The zero-order chi connectivity index (χ0) is 23.4. The van der Waals surface area contributed by atoms with Crippen molar-refractivity contribution in [3.05, 3.63) is 71.5 Å². The summed E-state index contributed by atoms with van der Waals surface area (Å²) in [5.41, 5.74) is 1.04. The van der Waals surface area contributed by atoms with E-state index in [9.17, 15) is 9.59 Å². The van der Waals surface area contributed by atoms with Gasteiger partial charge in [0.2, 0.25) is 0 Å². The molecule has 0 spiro atoms. The van der Waals surface area contributed by atoms with Gasteiger partial charge >= 0.3 is 5.97 Å². The number of amides is 1. The number of aromatic nitrogens is 4. The predicted octanol–water partition coefficient (Wildman–Crippen LogP) is 4.02. The van der Waals surface area contributed by atoms with Crippen LogP contribution in [0.1, 0.15) is 66.1 Å². The van der Waals surface area contributed by atoms with Crippen LogP contribution >= 0.6 is 0 Å². The van der Waals surface area contributed by atoms with Crippen LogP contribution in [0.3, 0.4) is 0 Å². The van der Waals surface area contributed by atoms with E-state index in [0.29, 0.717) is 35.2 Å². The summed E-state index contributed by atoms with van der Waals surface area (Å²) >= 11 is 0. The molecule has 0 atom stereocenters. The minimum Gasteiger partial charge on any atom is -0.462 e. The van der Waals surface area contributed by atoms with Gasteiger partial charge in [0.1, 0.15) is 5.54 Å². The number of hydrogen-bond donors (Lipinski definition) is 0. The second-order valence-electron chi connectivity index (χ2n) is 8.63. The van der Waals surface area contributed by atoms with Crippen molar-refractivity contribution in [2.45, 2.75) is 45.1 Å². The van der Waals surface area contributed by atoms with Gasteiger partial charge in [0.15, 0.2) is 5.82 Å². The molecule has 172 valence electrons. The van der Waals surface area contributed by atoms with Crippen LogP contribution in [0.4, 0.5) is 0 Å². The first-order valence-corrected chi connectivity index (χ1v) is 11.4. The minimum absolute atomic E-state index is 0.0695. The van der Waals surface area contributed by atoms with Crippen LogP contribution in [-0.2, 0) is 10.3 Å². The number of hydrogen-bond acceptors (Lipinski definition) is 6. The molecule has 1 heterocycles. The number of carbonyl (C=O) groups excluding carboxylic acids is 2. The number of benzene rings is 2. The van der Waals surface area contributed by atoms with Crippen LogP contribution in [0, 0.1) is 5.92 Å². The van der Waals surface area contributed by atoms with Gasteiger partial charge in [0, 0.05) is 12.6 Å². The molecule has 1 aromatic heterocycles. The van der Waals surface area contributed by atoms with Crippen molar-refractivity contribution < 1.29 is 14.3 Å². The normalized spacial score (nSPS) is 20.3. The molecule has 2 aromatic carbocycles. The molecule has 33 heavy (non-hydrogen) atoms. The summed E-state index contributed by atoms with van der Waals surface area (Å²) in [4.78, 5) is 27.5. The Labute approximate surface area is 193 Å². The fraction of sp³-hybridized carbons (Fsp3) is 0.400. The molecule has 1 aliphatic carbocycles. The van der Waals surface area contributed by atoms with Crippen LogP contribution in [0.5, 0.6) is 0 Å². The van der Waals surface area contributed by atoms with E-state index in [2.05, 4.69) is 22.4 Å². The van der Waals surface area contributed by atoms with Crippen molar-refractivity contribution in [1.29, 1.82) is 0 Å². The van der Waals surface area contributed by atoms with Gasteiger partial charge in [-0.3, -0.25) is 4.79 Å². The van der Waals surface area contributed by atoms with E-state index in [1.165, 1.54) is 0 Å². The highest BCUT2D eigenvalue weighted by Gasteiger charge is 2.46. The first-order chi connectivity index (χ1) is 16.0. The van der Waals surface area contributed by atoms with Gasteiger partial charge in [0.05, 0.1) is 17.9 Å². The molecule has 8 nitrogen and oxygen atoms in total. The Hall–Kier alpha value is -3.55. The Morgan fingerprint density at radius 2 is 1.79 bits per heavy atom. The molecule has 1 amide bonds. The topological polar surface area (TPSA) is 90.2 Å². The molecule has 0 aliphatic heterocycles. The Morgan fingerprint density at radius 3 is 2.48 bits per heavy atom. The maximum Gasteiger partial charge on any atom is 0.338 e. The Kier molecular flexibility index (Phi) is 6.53. The molecule has 1 saturated carbocycles. The number of carbonyl (C=O) groups is 2. The largest absolute Gasteiger partial charge is 0.462 e. The number of tetrazole rings is 1. The molecule has 1 fully saturated rings. The second kappa shape index (κ2) is 9.52. The van der Waals surface area contributed by atoms with Gasteiger partial charge < -0.3 is 9.64 Å². The fourth-order valence-corrected chi connectivity index (χ4v) is 4.55. The lowest BCUT2D eigenvalue weighted by Gasteiger charge is -2.44. The molecular formula is C25H29N5O3. The van der Waals surface area contributed by atoms with Gasteiger partial charge in [-0.25, -0.2) is 4.79 Å². The lowest BCUT2D eigenvalue weighted by molar-refractivity contribution is 0.0327. The first-order valence-electron chi connectivity index (χ1n) is 11.4. The highest BCUT2D eigenvalue weighted by Crippen LogP contribution is 2.43. The summed E-state index contributed by atoms with van der Waals surface area (Å²) in [5.74, 6) is 0.698. The first kappa shape index (κ1) is 22.6. The summed E-state index contributed by atoms with van der Waals surface area (Å²) < 4.78 is 6.79. The lowest BCUT2D eigenvalue weighted by Crippen LogP contribution is -2.50. The smallest absolute Gasteiger partial charge is 0.338 e. The maximum absolute atomic E-state index is 13.5. The minimum atomic E-state index is -0.664. The molecule has 0 saturated heterocycles. The SMILES string of the molecule is CCOC(=O)c1cccc(-n2nnnc2C2(N(C)C(=O)c3ccccc3)CCC(C)CC2)c1. The fourth-order valence-electron chi connectivity index (χ4n) is 4.55. The molecule has 0 radical (unpaired) electrons. The average molecular weight is 448 g/mol. The Balaban J connectivity index is 1.77. The molecule has 8 heteroatoms. The van der Waals surface area contributed by atoms with E-state index in [0.717, 1.165) is 25.7 Å². The molecule has 0 unspecified atom stereocenters. The summed E-state index contributed by atoms with van der Waals surface area (Å²) in [6, 6.07) is 16.3. The monoisotopic (exact) mass is 447 g/mol. The molecule has 0 N–H and O–H groups in total. The molecule has 4 rings (SSSR count). The van der Waals surface area contributed by atoms with Gasteiger partial charge in [-0.1, -0.05) is 31.2 Å². The van der Waals surface area contributed by atoms with Crippen LogP contribution in [0.15, 0.2) is 54.6 Å². The number of esters is 1. The zero-order valence-corrected chi connectivity index (χ0v) is 19.3. The number of ether oxygens (including phenoxy) is 1. The molecule has 0 bridgehead atoms. The third-order valence-corrected chi connectivity index (χ3v) is 6.56. The zero-order valence-electron chi connectivity index (χ0n) is 19.3. The third-order valence-electron chi connectivity index (χ3n) is 6.56. The van der Waals surface area contributed by atoms with Crippen LogP contribution in [0.25, 0.3) is 5.69 Å². The van der Waals surface area contributed by atoms with E-state index in [-0.39, 0.29) is 5.91 Å². The van der Waals surface area contributed by atoms with E-state index in [1.807, 2.05) is 43.4 Å². The van der Waals surface area contributed by atoms with Gasteiger partial charge in [-0.15, -0.1) is 5.10 Å². The van der Waals surface area contributed by atoms with Gasteiger partial charge in [0.25, 0.3) is 5.91 Å². The predicted molar refractivity (Wildman–Crippen MR) is 123 cm³/mol. The van der Waals surface area contributed by atoms with Crippen molar-refractivity contribution in [2.24, 2.45) is 5.92 Å². The molecule has 1 aliphatic rings. The van der Waals surface area contributed by atoms with Crippen molar-refractivity contribution >= 4 is 11.9 Å². The quantitative estimate of drug-likeness (QED) is 0.530. The number of nitrogens with zero attached hydrogens (tertiary/aromatic N) is 5. The van der Waals surface area contributed by atoms with Crippen molar-refractivity contribution in [3.63, 3.8) is 0 Å². The van der Waals surface area contributed by atoms with E-state index in [1.54, 1.807) is 34.7 Å². The van der Waals surface area contributed by atoms with Crippen molar-refractivity contribution in [3.8, 4) is 5.69 Å². The Bertz CT molecular complexity index is 1120. The van der Waals surface area contributed by atoms with E-state index in [4.69, 9.17) is 4.74 Å². The highest BCUT2D eigenvalue weighted by atomic mass is 16.5. The summed E-state index contributed by atoms with van der Waals surface area (Å²) in [7, 11) is 1.83. The summed E-state index contributed by atoms with van der Waals surface area (Å²) in [6.07, 6.45) is 3.42. The van der Waals surface area contributed by atoms with Crippen LogP contribution in [0.2, 0.25) is 0 Å².